The van der Waals surface area contributed by atoms with Crippen molar-refractivity contribution in [3.8, 4) is 0 Å². The van der Waals surface area contributed by atoms with Crippen LogP contribution in [-0.2, 0) is 15.7 Å². The number of H-pyrrole nitrogens is 1. The van der Waals surface area contributed by atoms with E-state index < -0.39 is 29.5 Å². The number of carbonyl (C=O) groups excluding carboxylic acids is 2. The van der Waals surface area contributed by atoms with Gasteiger partial charge < -0.3 is 24.6 Å². The van der Waals surface area contributed by atoms with Crippen LogP contribution in [0.5, 0.6) is 0 Å². The summed E-state index contributed by atoms with van der Waals surface area (Å²) in [6.45, 7) is 9.90. The fraction of sp³-hybridized carbons (Fsp3) is 0.593. The van der Waals surface area contributed by atoms with Gasteiger partial charge in [-0.05, 0) is 57.9 Å². The van der Waals surface area contributed by atoms with Gasteiger partial charge in [0.05, 0.1) is 30.5 Å². The quantitative estimate of drug-likeness (QED) is 0.555. The molecule has 214 valence electrons. The first-order valence-corrected chi connectivity index (χ1v) is 13.1. The van der Waals surface area contributed by atoms with Crippen molar-refractivity contribution in [2.24, 2.45) is 0 Å². The molecule has 2 N–H and O–H groups in total. The molecular formula is C27H36F3N5O4. The molecule has 3 amide bonds. The maximum atomic E-state index is 13.4. The van der Waals surface area contributed by atoms with Gasteiger partial charge >= 0.3 is 18.3 Å². The van der Waals surface area contributed by atoms with Gasteiger partial charge in [-0.25, -0.2) is 9.59 Å². The van der Waals surface area contributed by atoms with Gasteiger partial charge in [-0.1, -0.05) is 12.1 Å². The van der Waals surface area contributed by atoms with Gasteiger partial charge in [0.2, 0.25) is 0 Å². The summed E-state index contributed by atoms with van der Waals surface area (Å²) < 4.78 is 50.1. The molecule has 0 aliphatic carbocycles. The molecule has 2 aliphatic rings. The zero-order chi connectivity index (χ0) is 28.4. The van der Waals surface area contributed by atoms with Crippen LogP contribution in [0.3, 0.4) is 0 Å². The van der Waals surface area contributed by atoms with Crippen LogP contribution < -0.4 is 5.32 Å². The van der Waals surface area contributed by atoms with Crippen LogP contribution in [0, 0.1) is 0 Å². The first kappa shape index (κ1) is 28.7. The molecule has 2 saturated heterocycles. The molecule has 9 nitrogen and oxygen atoms in total. The predicted octanol–water partition coefficient (Wildman–Crippen LogP) is 5.04. The summed E-state index contributed by atoms with van der Waals surface area (Å²) in [6.07, 6.45) is -4.35. The highest BCUT2D eigenvalue weighted by molar-refractivity contribution is 5.75. The number of piperidine rings is 1. The van der Waals surface area contributed by atoms with Crippen molar-refractivity contribution in [2.75, 3.05) is 39.4 Å². The van der Waals surface area contributed by atoms with E-state index >= 15 is 0 Å². The Morgan fingerprint density at radius 2 is 1.72 bits per heavy atom. The smallest absolute Gasteiger partial charge is 0.416 e. The van der Waals surface area contributed by atoms with Crippen LogP contribution in [0.25, 0.3) is 0 Å². The van der Waals surface area contributed by atoms with Crippen molar-refractivity contribution < 1.29 is 32.2 Å². The van der Waals surface area contributed by atoms with E-state index in [1.165, 1.54) is 12.1 Å². The maximum Gasteiger partial charge on any atom is 0.416 e. The van der Waals surface area contributed by atoms with Crippen LogP contribution in [0.2, 0.25) is 0 Å². The second kappa shape index (κ2) is 11.4. The van der Waals surface area contributed by atoms with E-state index in [0.717, 1.165) is 23.4 Å². The Kier molecular flexibility index (Phi) is 8.43. The van der Waals surface area contributed by atoms with Crippen LogP contribution >= 0.6 is 0 Å². The lowest BCUT2D eigenvalue weighted by Crippen LogP contribution is -2.52. The average molecular weight is 552 g/mol. The predicted molar refractivity (Wildman–Crippen MR) is 137 cm³/mol. The number of aromatic nitrogens is 2. The third-order valence-corrected chi connectivity index (χ3v) is 6.95. The Morgan fingerprint density at radius 3 is 2.33 bits per heavy atom. The van der Waals surface area contributed by atoms with Crippen molar-refractivity contribution in [1.29, 1.82) is 0 Å². The van der Waals surface area contributed by atoms with Crippen molar-refractivity contribution in [3.63, 3.8) is 0 Å². The summed E-state index contributed by atoms with van der Waals surface area (Å²) in [6, 6.07) is 6.50. The fourth-order valence-corrected chi connectivity index (χ4v) is 4.96. The van der Waals surface area contributed by atoms with Crippen LogP contribution in [0.15, 0.2) is 30.3 Å². The molecule has 0 bridgehead atoms. The topological polar surface area (TPSA) is 99.8 Å². The highest BCUT2D eigenvalue weighted by Gasteiger charge is 2.36. The minimum absolute atomic E-state index is 0.111. The first-order valence-electron chi connectivity index (χ1n) is 13.1. The van der Waals surface area contributed by atoms with Crippen molar-refractivity contribution in [3.05, 3.63) is 52.8 Å². The Balaban J connectivity index is 1.53. The van der Waals surface area contributed by atoms with E-state index in [1.807, 2.05) is 6.07 Å². The van der Waals surface area contributed by atoms with Gasteiger partial charge in [-0.15, -0.1) is 0 Å². The largest absolute Gasteiger partial charge is 0.444 e. The number of urea groups is 1. The van der Waals surface area contributed by atoms with Crippen LogP contribution in [0.1, 0.15) is 74.5 Å². The Hall–Kier alpha value is -3.28. The van der Waals surface area contributed by atoms with Gasteiger partial charge in [-0.3, -0.25) is 5.10 Å². The van der Waals surface area contributed by atoms with Gasteiger partial charge in [0, 0.05) is 43.7 Å². The molecule has 3 atom stereocenters. The second-order valence-electron chi connectivity index (χ2n) is 11.2. The minimum Gasteiger partial charge on any atom is -0.444 e. The van der Waals surface area contributed by atoms with Gasteiger partial charge in [0.25, 0.3) is 0 Å². The molecule has 2 aromatic rings. The number of nitrogens with zero attached hydrogens (tertiary/aromatic N) is 3. The number of benzene rings is 1. The molecule has 2 fully saturated rings. The SMILES string of the molecule is C[C@H](NC(=O)OC(C)(C)C)c1cc([C@H]2C[C@@H](c3ccc(C(F)(F)F)cc3)CN(C(=O)N3CCOCC3)C2)[nH]n1. The molecule has 4 rings (SSSR count). The normalized spacial score (nSPS) is 21.4. The third kappa shape index (κ3) is 7.43. The number of amides is 3. The monoisotopic (exact) mass is 551 g/mol. The molecule has 1 aromatic carbocycles. The third-order valence-electron chi connectivity index (χ3n) is 6.95. The number of ether oxygens (including phenoxy) is 2. The lowest BCUT2D eigenvalue weighted by atomic mass is 9.82. The van der Waals surface area contributed by atoms with E-state index in [4.69, 9.17) is 9.47 Å². The summed E-state index contributed by atoms with van der Waals surface area (Å²) in [5.74, 6) is -0.300. The number of nitrogens with one attached hydrogen (secondary N) is 2. The van der Waals surface area contributed by atoms with Crippen LogP contribution in [0.4, 0.5) is 22.8 Å². The van der Waals surface area contributed by atoms with Gasteiger partial charge in [0.1, 0.15) is 5.60 Å². The summed E-state index contributed by atoms with van der Waals surface area (Å²) in [5, 5.41) is 10.2. The van der Waals surface area contributed by atoms with Crippen molar-refractivity contribution in [1.82, 2.24) is 25.3 Å². The Morgan fingerprint density at radius 1 is 1.08 bits per heavy atom. The molecule has 0 radical (unpaired) electrons. The molecule has 12 heteroatoms. The van der Waals surface area contributed by atoms with E-state index in [2.05, 4.69) is 15.5 Å². The van der Waals surface area contributed by atoms with E-state index in [1.54, 1.807) is 37.5 Å². The summed E-state index contributed by atoms with van der Waals surface area (Å²) in [5.41, 5.74) is 0.807. The number of halogens is 3. The van der Waals surface area contributed by atoms with Crippen molar-refractivity contribution >= 4 is 12.1 Å². The Bertz CT molecular complexity index is 1140. The molecule has 3 heterocycles. The van der Waals surface area contributed by atoms with E-state index in [9.17, 15) is 22.8 Å². The lowest BCUT2D eigenvalue weighted by Gasteiger charge is -2.41. The van der Waals surface area contributed by atoms with Gasteiger partial charge in [-0.2, -0.15) is 18.3 Å². The first-order chi connectivity index (χ1) is 18.3. The van der Waals surface area contributed by atoms with Gasteiger partial charge in [0.15, 0.2) is 0 Å². The van der Waals surface area contributed by atoms with E-state index in [0.29, 0.717) is 51.5 Å². The second-order valence-corrected chi connectivity index (χ2v) is 11.2. The average Bonchev–Trinajstić information content (AvgIpc) is 3.38. The van der Waals surface area contributed by atoms with Crippen LogP contribution in [-0.4, -0.2) is 77.1 Å². The standard InChI is InChI=1S/C27H36F3N5O4/c1-17(31-24(36)39-26(2,3)4)22-14-23(33-32-22)20-13-19(18-5-7-21(8-6-18)27(28,29)30)15-35(16-20)25(37)34-9-11-38-12-10-34/h5-8,14,17,19-20H,9-13,15-16H2,1-4H3,(H,31,36)(H,32,33)/t17-,19+,20-/m0/s1. The highest BCUT2D eigenvalue weighted by atomic mass is 19.4. The number of aromatic amines is 1. The Labute approximate surface area is 226 Å². The molecule has 39 heavy (non-hydrogen) atoms. The molecular weight excluding hydrogens is 515 g/mol. The molecule has 1 aromatic heterocycles. The number of hydrogen-bond donors (Lipinski definition) is 2. The maximum absolute atomic E-state index is 13.4. The summed E-state index contributed by atoms with van der Waals surface area (Å²) in [4.78, 5) is 29.1. The molecule has 0 spiro atoms. The number of rotatable bonds is 4. The summed E-state index contributed by atoms with van der Waals surface area (Å²) in [7, 11) is 0. The minimum atomic E-state index is -4.41. The molecule has 0 unspecified atom stereocenters. The van der Waals surface area contributed by atoms with E-state index in [-0.39, 0.29) is 17.9 Å². The molecule has 0 saturated carbocycles. The zero-order valence-electron chi connectivity index (χ0n) is 22.7. The zero-order valence-corrected chi connectivity index (χ0v) is 22.7. The number of alkyl carbamates (subject to hydrolysis) is 1. The lowest BCUT2D eigenvalue weighted by molar-refractivity contribution is -0.137. The number of hydrogen-bond acceptors (Lipinski definition) is 5. The number of alkyl halides is 3. The fourth-order valence-electron chi connectivity index (χ4n) is 4.96. The van der Waals surface area contributed by atoms with Crippen molar-refractivity contribution in [2.45, 2.75) is 63.8 Å². The number of morpholine rings is 1. The summed E-state index contributed by atoms with van der Waals surface area (Å²) >= 11 is 0. The highest BCUT2D eigenvalue weighted by Crippen LogP contribution is 2.37. The number of carbonyl (C=O) groups is 2. The number of likely N-dealkylation sites (tertiary alicyclic amines) is 1. The molecule has 2 aliphatic heterocycles.